The zero-order chi connectivity index (χ0) is 20.6. The Labute approximate surface area is 170 Å². The highest BCUT2D eigenvalue weighted by atomic mass is 16.6. The molecule has 1 aliphatic rings. The first-order valence-electron chi connectivity index (χ1n) is 9.80. The summed E-state index contributed by atoms with van der Waals surface area (Å²) in [6.45, 7) is 7.09. The fourth-order valence-corrected chi connectivity index (χ4v) is 3.52. The van der Waals surface area contributed by atoms with Crippen LogP contribution < -0.4 is 15.2 Å². The second kappa shape index (κ2) is 9.90. The van der Waals surface area contributed by atoms with Gasteiger partial charge in [0.25, 0.3) is 11.6 Å². The molecule has 0 unspecified atom stereocenters. The minimum atomic E-state index is -0.446. The monoisotopic (exact) mass is 397 g/mol. The molecule has 0 aliphatic carbocycles. The number of piperazine rings is 1. The van der Waals surface area contributed by atoms with E-state index in [4.69, 9.17) is 0 Å². The maximum Gasteiger partial charge on any atom is 0.295 e. The van der Waals surface area contributed by atoms with Crippen LogP contribution in [0.5, 0.6) is 0 Å². The molecule has 0 aromatic heterocycles. The van der Waals surface area contributed by atoms with E-state index in [1.165, 1.54) is 22.6 Å². The van der Waals surface area contributed by atoms with Crippen molar-refractivity contribution in [3.8, 4) is 0 Å². The summed E-state index contributed by atoms with van der Waals surface area (Å²) in [6.07, 6.45) is 0. The smallest absolute Gasteiger partial charge is 0.295 e. The Morgan fingerprint density at radius 1 is 1.07 bits per heavy atom. The van der Waals surface area contributed by atoms with E-state index in [1.54, 1.807) is 24.0 Å². The Kier molecular flexibility index (Phi) is 7.04. The highest BCUT2D eigenvalue weighted by molar-refractivity contribution is 5.99. The van der Waals surface area contributed by atoms with E-state index < -0.39 is 4.92 Å². The van der Waals surface area contributed by atoms with Crippen LogP contribution in [0.3, 0.4) is 0 Å². The minimum absolute atomic E-state index is 0.00342. The Hall–Kier alpha value is -3.10. The summed E-state index contributed by atoms with van der Waals surface area (Å²) >= 11 is 0. The van der Waals surface area contributed by atoms with Gasteiger partial charge in [-0.3, -0.25) is 14.9 Å². The molecule has 1 aliphatic heterocycles. The van der Waals surface area contributed by atoms with E-state index in [0.717, 1.165) is 32.7 Å². The van der Waals surface area contributed by atoms with Crippen molar-refractivity contribution in [3.63, 3.8) is 0 Å². The number of benzene rings is 2. The minimum Gasteiger partial charge on any atom is -0.322 e. The lowest BCUT2D eigenvalue weighted by Crippen LogP contribution is -3.28. The number of hydrogen-bond donors (Lipinski definition) is 3. The standard InChI is InChI=1S/C21H25N5O3/c1-17(19-8-5-9-20(14-19)26(28)29)22-23-21(27)16-25-12-10-24(11-13-25)15-18-6-3-2-4-7-18/h2-9,14H,10-13,15-16H2,1H3,(H,23,27)/p+2/b22-17+. The van der Waals surface area contributed by atoms with Crippen molar-refractivity contribution in [3.05, 3.63) is 75.8 Å². The van der Waals surface area contributed by atoms with Crippen molar-refractivity contribution in [1.82, 2.24) is 5.43 Å². The van der Waals surface area contributed by atoms with Crippen molar-refractivity contribution in [2.45, 2.75) is 13.5 Å². The van der Waals surface area contributed by atoms with Crippen molar-refractivity contribution in [2.75, 3.05) is 32.7 Å². The maximum atomic E-state index is 12.2. The number of amides is 1. The molecule has 3 N–H and O–H groups in total. The third-order valence-corrected chi connectivity index (χ3v) is 5.19. The van der Waals surface area contributed by atoms with E-state index in [1.807, 2.05) is 6.07 Å². The number of quaternary nitrogens is 2. The first-order chi connectivity index (χ1) is 14.0. The molecule has 0 radical (unpaired) electrons. The second-order valence-corrected chi connectivity index (χ2v) is 7.38. The van der Waals surface area contributed by atoms with Gasteiger partial charge >= 0.3 is 0 Å². The third kappa shape index (κ3) is 6.20. The van der Waals surface area contributed by atoms with E-state index in [2.05, 4.69) is 34.8 Å². The normalized spacial score (nSPS) is 19.6. The number of rotatable bonds is 7. The van der Waals surface area contributed by atoms with Gasteiger partial charge in [-0.2, -0.15) is 5.10 Å². The first-order valence-corrected chi connectivity index (χ1v) is 9.80. The van der Waals surface area contributed by atoms with Gasteiger partial charge in [0.1, 0.15) is 32.7 Å². The van der Waals surface area contributed by atoms with Crippen LogP contribution in [0, 0.1) is 10.1 Å². The molecule has 29 heavy (non-hydrogen) atoms. The largest absolute Gasteiger partial charge is 0.322 e. The van der Waals surface area contributed by atoms with Gasteiger partial charge < -0.3 is 9.80 Å². The molecule has 0 spiro atoms. The van der Waals surface area contributed by atoms with Crippen LogP contribution >= 0.6 is 0 Å². The Bertz CT molecular complexity index is 877. The number of non-ortho nitro benzene ring substituents is 1. The molecule has 1 amide bonds. The highest BCUT2D eigenvalue weighted by Crippen LogP contribution is 2.13. The SMILES string of the molecule is C/C(=N\NC(=O)C[NH+]1CC[NH+](Cc2ccccc2)CC1)c1cccc([N+](=O)[O-])c1. The molecule has 1 fully saturated rings. The van der Waals surface area contributed by atoms with Crippen molar-refractivity contribution < 1.29 is 19.5 Å². The van der Waals surface area contributed by atoms with Gasteiger partial charge in [-0.15, -0.1) is 0 Å². The summed E-state index contributed by atoms with van der Waals surface area (Å²) in [5.41, 5.74) is 5.08. The zero-order valence-corrected chi connectivity index (χ0v) is 16.6. The molecule has 1 heterocycles. The zero-order valence-electron chi connectivity index (χ0n) is 16.6. The van der Waals surface area contributed by atoms with Crippen molar-refractivity contribution in [2.24, 2.45) is 5.10 Å². The van der Waals surface area contributed by atoms with E-state index in [9.17, 15) is 14.9 Å². The summed E-state index contributed by atoms with van der Waals surface area (Å²) in [4.78, 5) is 25.5. The summed E-state index contributed by atoms with van der Waals surface area (Å²) in [7, 11) is 0. The van der Waals surface area contributed by atoms with Gasteiger partial charge in [0, 0.05) is 23.3 Å². The summed E-state index contributed by atoms with van der Waals surface area (Å²) in [5, 5.41) is 15.0. The predicted octanol–water partition coefficient (Wildman–Crippen LogP) is -0.581. The molecule has 2 aromatic rings. The lowest BCUT2D eigenvalue weighted by Gasteiger charge is -2.29. The van der Waals surface area contributed by atoms with Crippen LogP contribution in [0.1, 0.15) is 18.1 Å². The van der Waals surface area contributed by atoms with Crippen LogP contribution in [-0.2, 0) is 11.3 Å². The molecular formula is C21H27N5O3+2. The van der Waals surface area contributed by atoms with Gasteiger partial charge in [-0.1, -0.05) is 42.5 Å². The molecule has 8 nitrogen and oxygen atoms in total. The number of nitrogens with one attached hydrogen (secondary N) is 3. The first kappa shape index (κ1) is 20.6. The van der Waals surface area contributed by atoms with Gasteiger partial charge in [-0.05, 0) is 6.92 Å². The van der Waals surface area contributed by atoms with Crippen LogP contribution in [0.25, 0.3) is 0 Å². The summed E-state index contributed by atoms with van der Waals surface area (Å²) < 4.78 is 0. The molecular weight excluding hydrogens is 370 g/mol. The number of nitrogens with zero attached hydrogens (tertiary/aromatic N) is 2. The van der Waals surface area contributed by atoms with Crippen LogP contribution in [0.2, 0.25) is 0 Å². The van der Waals surface area contributed by atoms with Crippen LogP contribution in [-0.4, -0.2) is 49.3 Å². The maximum absolute atomic E-state index is 12.2. The number of carbonyl (C=O) groups is 1. The Morgan fingerprint density at radius 3 is 2.45 bits per heavy atom. The van der Waals surface area contributed by atoms with Gasteiger partial charge in [0.2, 0.25) is 0 Å². The van der Waals surface area contributed by atoms with Crippen molar-refractivity contribution >= 4 is 17.3 Å². The average molecular weight is 397 g/mol. The molecule has 0 saturated carbocycles. The lowest BCUT2D eigenvalue weighted by molar-refractivity contribution is -1.02. The van der Waals surface area contributed by atoms with E-state index in [-0.39, 0.29) is 11.6 Å². The molecule has 8 heteroatoms. The third-order valence-electron chi connectivity index (χ3n) is 5.19. The molecule has 0 bridgehead atoms. The summed E-state index contributed by atoms with van der Waals surface area (Å²) in [6, 6.07) is 16.7. The quantitative estimate of drug-likeness (QED) is 0.332. The van der Waals surface area contributed by atoms with E-state index >= 15 is 0 Å². The van der Waals surface area contributed by atoms with Gasteiger partial charge in [-0.25, -0.2) is 5.43 Å². The van der Waals surface area contributed by atoms with E-state index in [0.29, 0.717) is 17.8 Å². The number of nitro benzene ring substituents is 1. The van der Waals surface area contributed by atoms with Crippen LogP contribution in [0.4, 0.5) is 5.69 Å². The topological polar surface area (TPSA) is 93.5 Å². The predicted molar refractivity (Wildman–Crippen MR) is 110 cm³/mol. The summed E-state index contributed by atoms with van der Waals surface area (Å²) in [5.74, 6) is -0.142. The average Bonchev–Trinajstić information content (AvgIpc) is 2.74. The molecule has 0 atom stereocenters. The number of hydrazone groups is 1. The lowest BCUT2D eigenvalue weighted by atomic mass is 10.1. The molecule has 152 valence electrons. The highest BCUT2D eigenvalue weighted by Gasteiger charge is 2.24. The molecule has 3 rings (SSSR count). The second-order valence-electron chi connectivity index (χ2n) is 7.38. The Balaban J connectivity index is 1.44. The Morgan fingerprint density at radius 2 is 1.76 bits per heavy atom. The van der Waals surface area contributed by atoms with Crippen LogP contribution in [0.15, 0.2) is 59.7 Å². The molecule has 1 saturated heterocycles. The van der Waals surface area contributed by atoms with Gasteiger partial charge in [0.15, 0.2) is 6.54 Å². The van der Waals surface area contributed by atoms with Crippen molar-refractivity contribution in [1.29, 1.82) is 0 Å². The fourth-order valence-electron chi connectivity index (χ4n) is 3.52. The fraction of sp³-hybridized carbons (Fsp3) is 0.333. The number of hydrogen-bond acceptors (Lipinski definition) is 4. The number of carbonyl (C=O) groups excluding carboxylic acids is 1. The van der Waals surface area contributed by atoms with Gasteiger partial charge in [0.05, 0.1) is 10.6 Å². The molecule has 2 aromatic carbocycles. The number of nitro groups is 1.